The maximum absolute atomic E-state index is 11.9. The van der Waals surface area contributed by atoms with Gasteiger partial charge in [-0.05, 0) is 13.8 Å². The van der Waals surface area contributed by atoms with Gasteiger partial charge in [0.15, 0.2) is 0 Å². The Morgan fingerprint density at radius 1 is 1.00 bits per heavy atom. The Balaban J connectivity index is 0.00000289. The molecule has 18 heavy (non-hydrogen) atoms. The van der Waals surface area contributed by atoms with Crippen molar-refractivity contribution in [2.75, 3.05) is 0 Å². The van der Waals surface area contributed by atoms with Crippen molar-refractivity contribution in [3.8, 4) is 0 Å². The molecule has 1 N–H and O–H groups in total. The van der Waals surface area contributed by atoms with Gasteiger partial charge in [0.1, 0.15) is 0 Å². The number of hydrogen-bond acceptors (Lipinski definition) is 3. The van der Waals surface area contributed by atoms with E-state index in [1.54, 1.807) is 13.8 Å². The molecule has 0 spiro atoms. The zero-order valence-electron chi connectivity index (χ0n) is 9.95. The van der Waals surface area contributed by atoms with Gasteiger partial charge in [-0.2, -0.15) is 0 Å². The second-order valence-electron chi connectivity index (χ2n) is 4.10. The molecule has 1 aromatic rings. The van der Waals surface area contributed by atoms with E-state index < -0.39 is 17.1 Å². The fourth-order valence-electron chi connectivity index (χ4n) is 1.36. The molecule has 0 aliphatic heterocycles. The van der Waals surface area contributed by atoms with Crippen molar-refractivity contribution < 1.29 is 0 Å². The van der Waals surface area contributed by atoms with E-state index in [4.69, 9.17) is 0 Å². The van der Waals surface area contributed by atoms with Gasteiger partial charge in [-0.1, -0.05) is 24.3 Å². The molecule has 1 rings (SSSR count). The summed E-state index contributed by atoms with van der Waals surface area (Å²) >= 11 is 0. The first-order valence-electron chi connectivity index (χ1n) is 5.05. The first kappa shape index (κ1) is 16.9. The molecule has 0 aromatic carbocycles. The number of allylic oxidation sites excluding steroid dienone is 2. The predicted molar refractivity (Wildman–Crippen MR) is 72.4 cm³/mol. The van der Waals surface area contributed by atoms with Gasteiger partial charge in [-0.3, -0.25) is 4.98 Å². The van der Waals surface area contributed by atoms with E-state index in [2.05, 4.69) is 18.1 Å². The second-order valence-corrected chi connectivity index (χ2v) is 4.10. The predicted octanol–water partition coefficient (Wildman–Crippen LogP) is -0.798. The number of aromatic nitrogens is 3. The summed E-state index contributed by atoms with van der Waals surface area (Å²) in [6.45, 7) is 10.8. The SMILES string of the molecule is C=C(C)Cn1c(=O)[nH]c(=O)n(CC(=C)C)c1=O.[NaH]. The van der Waals surface area contributed by atoms with Crippen molar-refractivity contribution in [3.63, 3.8) is 0 Å². The van der Waals surface area contributed by atoms with Crippen LogP contribution in [0.2, 0.25) is 0 Å². The Bertz CT molecular complexity index is 585. The fraction of sp³-hybridized carbons (Fsp3) is 0.364. The molecule has 0 aliphatic rings. The van der Waals surface area contributed by atoms with E-state index in [1.165, 1.54) is 0 Å². The van der Waals surface area contributed by atoms with Crippen LogP contribution in [0.1, 0.15) is 13.8 Å². The van der Waals surface area contributed by atoms with E-state index in [9.17, 15) is 14.4 Å². The Morgan fingerprint density at radius 3 is 1.61 bits per heavy atom. The van der Waals surface area contributed by atoms with Crippen LogP contribution in [0.5, 0.6) is 0 Å². The van der Waals surface area contributed by atoms with Gasteiger partial charge in [-0.15, -0.1) is 0 Å². The number of nitrogens with zero attached hydrogens (tertiary/aromatic N) is 2. The van der Waals surface area contributed by atoms with Crippen molar-refractivity contribution in [2.45, 2.75) is 26.9 Å². The third kappa shape index (κ3) is 3.97. The molecular weight excluding hydrogens is 245 g/mol. The normalized spacial score (nSPS) is 9.67. The molecule has 0 fully saturated rings. The van der Waals surface area contributed by atoms with E-state index in [0.717, 1.165) is 9.13 Å². The monoisotopic (exact) mass is 261 g/mol. The number of nitrogens with one attached hydrogen (secondary N) is 1. The average molecular weight is 261 g/mol. The fourth-order valence-corrected chi connectivity index (χ4v) is 1.36. The van der Waals surface area contributed by atoms with Gasteiger partial charge in [0.2, 0.25) is 0 Å². The van der Waals surface area contributed by atoms with Crippen LogP contribution in [-0.4, -0.2) is 43.7 Å². The third-order valence-electron chi connectivity index (χ3n) is 2.02. The van der Waals surface area contributed by atoms with Gasteiger partial charge >= 0.3 is 46.6 Å². The van der Waals surface area contributed by atoms with Crippen molar-refractivity contribution in [1.29, 1.82) is 0 Å². The van der Waals surface area contributed by atoms with Crippen molar-refractivity contribution >= 4 is 29.6 Å². The van der Waals surface area contributed by atoms with Gasteiger partial charge in [0.25, 0.3) is 0 Å². The van der Waals surface area contributed by atoms with Crippen LogP contribution >= 0.6 is 0 Å². The van der Waals surface area contributed by atoms with E-state index >= 15 is 0 Å². The summed E-state index contributed by atoms with van der Waals surface area (Å²) in [5.74, 6) is 0. The third-order valence-corrected chi connectivity index (χ3v) is 2.02. The van der Waals surface area contributed by atoms with Crippen molar-refractivity contribution in [3.05, 3.63) is 55.8 Å². The molecule has 7 heteroatoms. The first-order valence-corrected chi connectivity index (χ1v) is 5.05. The number of H-pyrrole nitrogens is 1. The molecule has 0 atom stereocenters. The van der Waals surface area contributed by atoms with Crippen LogP contribution in [0.15, 0.2) is 38.7 Å². The van der Waals surface area contributed by atoms with Crippen LogP contribution in [0.3, 0.4) is 0 Å². The molecule has 0 saturated heterocycles. The van der Waals surface area contributed by atoms with Gasteiger partial charge in [0.05, 0.1) is 13.1 Å². The van der Waals surface area contributed by atoms with Crippen LogP contribution in [0.25, 0.3) is 0 Å². The summed E-state index contributed by atoms with van der Waals surface area (Å²) in [4.78, 5) is 36.9. The molecule has 0 aliphatic carbocycles. The molecule has 6 nitrogen and oxygen atoms in total. The van der Waals surface area contributed by atoms with Gasteiger partial charge in [0, 0.05) is 0 Å². The van der Waals surface area contributed by atoms with Crippen molar-refractivity contribution in [2.24, 2.45) is 0 Å². The molecular formula is C11H16N3NaO3. The molecule has 1 aromatic heterocycles. The van der Waals surface area contributed by atoms with Gasteiger partial charge in [-0.25, -0.2) is 23.5 Å². The quantitative estimate of drug-likeness (QED) is 0.569. The molecule has 0 saturated carbocycles. The number of aromatic amines is 1. The summed E-state index contributed by atoms with van der Waals surface area (Å²) in [7, 11) is 0. The Morgan fingerprint density at radius 2 is 1.33 bits per heavy atom. The number of rotatable bonds is 4. The van der Waals surface area contributed by atoms with Gasteiger partial charge < -0.3 is 0 Å². The molecule has 0 radical (unpaired) electrons. The molecule has 0 unspecified atom stereocenters. The first-order chi connectivity index (χ1) is 7.82. The van der Waals surface area contributed by atoms with Crippen LogP contribution < -0.4 is 17.1 Å². The maximum atomic E-state index is 11.9. The summed E-state index contributed by atoms with van der Waals surface area (Å²) in [5.41, 5.74) is -0.789. The summed E-state index contributed by atoms with van der Waals surface area (Å²) < 4.78 is 1.87. The standard InChI is InChI=1S/C11H15N3O3.Na.H/c1-7(2)5-13-9(15)12-10(16)14(11(13)17)6-8(3)4;;/h1,3,5-6H2,2,4H3,(H,12,15,16);;. The molecule has 0 amide bonds. The minimum absolute atomic E-state index is 0. The topological polar surface area (TPSA) is 76.9 Å². The zero-order chi connectivity index (χ0) is 13.2. The number of hydrogen-bond donors (Lipinski definition) is 1. The average Bonchev–Trinajstić information content (AvgIpc) is 2.18. The summed E-state index contributed by atoms with van der Waals surface area (Å²) in [6, 6.07) is 0. The Hall–Kier alpha value is -1.11. The van der Waals surface area contributed by atoms with E-state index in [1.807, 2.05) is 0 Å². The Labute approximate surface area is 126 Å². The van der Waals surface area contributed by atoms with E-state index in [-0.39, 0.29) is 42.6 Å². The minimum atomic E-state index is -0.721. The second kappa shape index (κ2) is 6.72. The summed E-state index contributed by atoms with van der Waals surface area (Å²) in [5, 5.41) is 0. The molecule has 0 bridgehead atoms. The van der Waals surface area contributed by atoms with Crippen LogP contribution in [0, 0.1) is 0 Å². The van der Waals surface area contributed by atoms with Crippen molar-refractivity contribution in [1.82, 2.24) is 14.1 Å². The molecule has 1 heterocycles. The summed E-state index contributed by atoms with van der Waals surface area (Å²) in [6.07, 6.45) is 0. The zero-order valence-corrected chi connectivity index (χ0v) is 9.95. The Kier molecular flexibility index (Phi) is 6.31. The van der Waals surface area contributed by atoms with Crippen LogP contribution in [0.4, 0.5) is 0 Å². The van der Waals surface area contributed by atoms with E-state index in [0.29, 0.717) is 11.1 Å². The molecule has 94 valence electrons. The van der Waals surface area contributed by atoms with Crippen LogP contribution in [-0.2, 0) is 13.1 Å².